The van der Waals surface area contributed by atoms with Crippen molar-refractivity contribution in [1.29, 1.82) is 0 Å². The lowest BCUT2D eigenvalue weighted by Gasteiger charge is -2.13. The summed E-state index contributed by atoms with van der Waals surface area (Å²) in [4.78, 5) is 26.9. The number of rotatable bonds is 8. The molecule has 0 aliphatic carbocycles. The van der Waals surface area contributed by atoms with E-state index in [1.54, 1.807) is 24.3 Å². The zero-order valence-electron chi connectivity index (χ0n) is 18.3. The number of hydrogen-bond donors (Lipinski definition) is 0. The van der Waals surface area contributed by atoms with E-state index in [2.05, 4.69) is 15.9 Å². The van der Waals surface area contributed by atoms with Crippen molar-refractivity contribution in [3.05, 3.63) is 98.6 Å². The smallest absolute Gasteiger partial charge is 0.293 e. The number of hydrogen-bond acceptors (Lipinski definition) is 5. The molecule has 1 heterocycles. The van der Waals surface area contributed by atoms with Crippen LogP contribution >= 0.6 is 27.7 Å². The Bertz CT molecular complexity index is 1250. The van der Waals surface area contributed by atoms with E-state index >= 15 is 0 Å². The number of aryl methyl sites for hydroxylation is 1. The maximum atomic E-state index is 13.1. The first-order valence-electron chi connectivity index (χ1n) is 10.5. The standard InChI is InChI=1S/C26H21BrFNO4S/c1-17-3-2-4-22(13-17)32-12-11-29-25(30)24(34-26(29)31)15-19-14-20(27)7-10-23(19)33-16-18-5-8-21(28)9-6-18/h2-10,13-15H,11-12,16H2,1H3/b24-15-. The molecule has 0 radical (unpaired) electrons. The Kier molecular flexibility index (Phi) is 7.70. The van der Waals surface area contributed by atoms with Crippen LogP contribution in [0.15, 0.2) is 76.1 Å². The Morgan fingerprint density at radius 3 is 2.59 bits per heavy atom. The fourth-order valence-corrected chi connectivity index (χ4v) is 4.53. The van der Waals surface area contributed by atoms with Crippen molar-refractivity contribution in [2.45, 2.75) is 13.5 Å². The summed E-state index contributed by atoms with van der Waals surface area (Å²) in [5, 5.41) is -0.340. The molecule has 8 heteroatoms. The number of benzene rings is 3. The van der Waals surface area contributed by atoms with Crippen molar-refractivity contribution in [2.75, 3.05) is 13.2 Å². The molecule has 0 atom stereocenters. The van der Waals surface area contributed by atoms with Crippen molar-refractivity contribution in [2.24, 2.45) is 0 Å². The van der Waals surface area contributed by atoms with Gasteiger partial charge in [-0.15, -0.1) is 0 Å². The minimum Gasteiger partial charge on any atom is -0.492 e. The summed E-state index contributed by atoms with van der Waals surface area (Å²) in [6, 6.07) is 19.1. The highest BCUT2D eigenvalue weighted by Gasteiger charge is 2.35. The number of thioether (sulfide) groups is 1. The maximum Gasteiger partial charge on any atom is 0.293 e. The first-order chi connectivity index (χ1) is 16.4. The van der Waals surface area contributed by atoms with E-state index in [0.717, 1.165) is 27.4 Å². The highest BCUT2D eigenvalue weighted by Crippen LogP contribution is 2.35. The molecule has 3 aromatic carbocycles. The number of ether oxygens (including phenoxy) is 2. The van der Waals surface area contributed by atoms with Gasteiger partial charge in [-0.3, -0.25) is 14.5 Å². The van der Waals surface area contributed by atoms with Gasteiger partial charge in [0.1, 0.15) is 30.5 Å². The van der Waals surface area contributed by atoms with Crippen LogP contribution in [0.4, 0.5) is 9.18 Å². The Hall–Kier alpha value is -3.10. The van der Waals surface area contributed by atoms with Gasteiger partial charge in [0.05, 0.1) is 11.4 Å². The van der Waals surface area contributed by atoms with E-state index in [1.165, 1.54) is 17.0 Å². The molecule has 5 nitrogen and oxygen atoms in total. The molecule has 174 valence electrons. The van der Waals surface area contributed by atoms with E-state index in [0.29, 0.717) is 22.0 Å². The lowest BCUT2D eigenvalue weighted by molar-refractivity contribution is -0.123. The van der Waals surface area contributed by atoms with Crippen LogP contribution in [0.1, 0.15) is 16.7 Å². The van der Waals surface area contributed by atoms with Gasteiger partial charge >= 0.3 is 0 Å². The third kappa shape index (κ3) is 6.07. The molecular weight excluding hydrogens is 521 g/mol. The molecule has 1 aliphatic heterocycles. The third-order valence-corrected chi connectivity index (χ3v) is 6.41. The summed E-state index contributed by atoms with van der Waals surface area (Å²) >= 11 is 4.32. The molecule has 3 aromatic rings. The van der Waals surface area contributed by atoms with Gasteiger partial charge in [-0.25, -0.2) is 4.39 Å². The number of amides is 2. The summed E-state index contributed by atoms with van der Waals surface area (Å²) < 4.78 is 25.5. The van der Waals surface area contributed by atoms with Crippen molar-refractivity contribution in [1.82, 2.24) is 4.90 Å². The summed E-state index contributed by atoms with van der Waals surface area (Å²) in [7, 11) is 0. The predicted molar refractivity (Wildman–Crippen MR) is 134 cm³/mol. The van der Waals surface area contributed by atoms with Gasteiger partial charge in [-0.1, -0.05) is 40.2 Å². The number of halogens is 2. The number of imide groups is 1. The Morgan fingerprint density at radius 2 is 1.82 bits per heavy atom. The van der Waals surface area contributed by atoms with E-state index < -0.39 is 0 Å². The van der Waals surface area contributed by atoms with E-state index in [9.17, 15) is 14.0 Å². The quantitative estimate of drug-likeness (QED) is 0.301. The van der Waals surface area contributed by atoms with Crippen LogP contribution in [0.25, 0.3) is 6.08 Å². The van der Waals surface area contributed by atoms with Gasteiger partial charge in [-0.05, 0) is 78.4 Å². The van der Waals surface area contributed by atoms with Crippen LogP contribution in [0, 0.1) is 12.7 Å². The van der Waals surface area contributed by atoms with E-state index in [4.69, 9.17) is 9.47 Å². The topological polar surface area (TPSA) is 55.8 Å². The van der Waals surface area contributed by atoms with Crippen LogP contribution in [0.2, 0.25) is 0 Å². The molecule has 2 amide bonds. The van der Waals surface area contributed by atoms with Crippen molar-refractivity contribution in [3.8, 4) is 11.5 Å². The molecule has 0 N–H and O–H groups in total. The lowest BCUT2D eigenvalue weighted by atomic mass is 10.1. The zero-order chi connectivity index (χ0) is 24.1. The summed E-state index contributed by atoms with van der Waals surface area (Å²) in [5.74, 6) is 0.557. The van der Waals surface area contributed by atoms with E-state index in [1.807, 2.05) is 43.3 Å². The first kappa shape index (κ1) is 24.0. The largest absolute Gasteiger partial charge is 0.492 e. The molecule has 0 bridgehead atoms. The molecule has 0 saturated carbocycles. The lowest BCUT2D eigenvalue weighted by Crippen LogP contribution is -2.32. The van der Waals surface area contributed by atoms with Crippen LogP contribution in [-0.4, -0.2) is 29.2 Å². The van der Waals surface area contributed by atoms with Crippen LogP contribution in [-0.2, 0) is 11.4 Å². The average Bonchev–Trinajstić information content (AvgIpc) is 3.07. The Balaban J connectivity index is 1.44. The number of nitrogens with zero attached hydrogens (tertiary/aromatic N) is 1. The molecule has 4 rings (SSSR count). The van der Waals surface area contributed by atoms with Crippen molar-refractivity contribution in [3.63, 3.8) is 0 Å². The van der Waals surface area contributed by atoms with Gasteiger partial charge < -0.3 is 9.47 Å². The fraction of sp³-hybridized carbons (Fsp3) is 0.154. The van der Waals surface area contributed by atoms with E-state index in [-0.39, 0.29) is 36.7 Å². The molecule has 0 aromatic heterocycles. The van der Waals surface area contributed by atoms with Gasteiger partial charge in [0.2, 0.25) is 0 Å². The highest BCUT2D eigenvalue weighted by molar-refractivity contribution is 9.10. The predicted octanol–water partition coefficient (Wildman–Crippen LogP) is 6.59. The molecular formula is C26H21BrFNO4S. The second-order valence-electron chi connectivity index (χ2n) is 7.60. The molecule has 0 unspecified atom stereocenters. The van der Waals surface area contributed by atoms with Crippen LogP contribution in [0.3, 0.4) is 0 Å². The normalized spacial score (nSPS) is 14.7. The number of carbonyl (C=O) groups excluding carboxylic acids is 2. The molecule has 34 heavy (non-hydrogen) atoms. The second kappa shape index (κ2) is 10.9. The maximum absolute atomic E-state index is 13.1. The molecule has 0 spiro atoms. The van der Waals surface area contributed by atoms with Crippen LogP contribution < -0.4 is 9.47 Å². The first-order valence-corrected chi connectivity index (χ1v) is 12.1. The minimum absolute atomic E-state index is 0.155. The summed E-state index contributed by atoms with van der Waals surface area (Å²) in [6.07, 6.45) is 1.65. The van der Waals surface area contributed by atoms with Crippen LogP contribution in [0.5, 0.6) is 11.5 Å². The molecule has 1 aliphatic rings. The minimum atomic E-state index is -0.368. The zero-order valence-corrected chi connectivity index (χ0v) is 20.7. The highest BCUT2D eigenvalue weighted by atomic mass is 79.9. The van der Waals surface area contributed by atoms with Crippen molar-refractivity contribution >= 4 is 44.9 Å². The van der Waals surface area contributed by atoms with Crippen molar-refractivity contribution < 1.29 is 23.5 Å². The third-order valence-electron chi connectivity index (χ3n) is 5.01. The molecule has 1 fully saturated rings. The second-order valence-corrected chi connectivity index (χ2v) is 9.50. The average molecular weight is 542 g/mol. The van der Waals surface area contributed by atoms with Gasteiger partial charge in [-0.2, -0.15) is 0 Å². The van der Waals surface area contributed by atoms with Gasteiger partial charge in [0, 0.05) is 10.0 Å². The Morgan fingerprint density at radius 1 is 1.03 bits per heavy atom. The monoisotopic (exact) mass is 541 g/mol. The van der Waals surface area contributed by atoms with Gasteiger partial charge in [0.25, 0.3) is 11.1 Å². The van der Waals surface area contributed by atoms with Gasteiger partial charge in [0.15, 0.2) is 0 Å². The SMILES string of the molecule is Cc1cccc(OCCN2C(=O)S/C(=C\c3cc(Br)ccc3OCc3ccc(F)cc3)C2=O)c1. The summed E-state index contributed by atoms with van der Waals surface area (Å²) in [6.45, 7) is 2.56. The summed E-state index contributed by atoms with van der Waals surface area (Å²) in [5.41, 5.74) is 2.53. The molecule has 1 saturated heterocycles. The number of carbonyl (C=O) groups is 2. The fourth-order valence-electron chi connectivity index (χ4n) is 3.30. The Labute approximate surface area is 209 Å².